The molecule has 2 aromatic carbocycles. The Morgan fingerprint density at radius 3 is 2.20 bits per heavy atom. The van der Waals surface area contributed by atoms with E-state index in [9.17, 15) is 35.4 Å². The molecule has 1 aromatic heterocycles. The third-order valence-corrected chi connectivity index (χ3v) is 5.72. The number of methoxy groups -OCH3 is 2. The zero-order valence-electron chi connectivity index (χ0n) is 18.6. The Kier molecular flexibility index (Phi) is 6.74. The summed E-state index contributed by atoms with van der Waals surface area (Å²) in [5.74, 6) is -0.710. The van der Waals surface area contributed by atoms with Crippen LogP contribution >= 0.6 is 0 Å². The zero-order chi connectivity index (χ0) is 25.4. The van der Waals surface area contributed by atoms with E-state index in [-0.39, 0.29) is 39.5 Å². The van der Waals surface area contributed by atoms with Crippen molar-refractivity contribution in [2.75, 3.05) is 20.8 Å². The van der Waals surface area contributed by atoms with E-state index in [2.05, 4.69) is 0 Å². The van der Waals surface area contributed by atoms with Gasteiger partial charge in [-0.1, -0.05) is 0 Å². The highest BCUT2D eigenvalue weighted by molar-refractivity contribution is 5.88. The number of rotatable bonds is 6. The van der Waals surface area contributed by atoms with Crippen LogP contribution in [0.25, 0.3) is 22.1 Å². The SMILES string of the molecule is COc1cc(-c2coc3cc(O[C@H]4O[C@H](CO)[C@@H](O)[C@H](O)[C@H]4O)cc(O)c3c2=O)cc(OC)c1O. The lowest BCUT2D eigenvalue weighted by Gasteiger charge is -2.39. The van der Waals surface area contributed by atoms with Gasteiger partial charge >= 0.3 is 0 Å². The number of aliphatic hydroxyl groups excluding tert-OH is 4. The maximum absolute atomic E-state index is 13.2. The summed E-state index contributed by atoms with van der Waals surface area (Å²) >= 11 is 0. The number of hydrogen-bond donors (Lipinski definition) is 6. The topological polar surface area (TPSA) is 189 Å². The van der Waals surface area contributed by atoms with Crippen molar-refractivity contribution >= 4 is 11.0 Å². The Bertz CT molecular complexity index is 1260. The molecule has 0 bridgehead atoms. The first kappa shape index (κ1) is 24.6. The Hall–Kier alpha value is -3.55. The van der Waals surface area contributed by atoms with Gasteiger partial charge in [-0.05, 0) is 17.7 Å². The van der Waals surface area contributed by atoms with Crippen molar-refractivity contribution < 1.29 is 54.0 Å². The van der Waals surface area contributed by atoms with Crippen LogP contribution in [0.5, 0.6) is 28.7 Å². The van der Waals surface area contributed by atoms with Crippen LogP contribution in [0.15, 0.2) is 39.7 Å². The minimum atomic E-state index is -1.67. The molecule has 188 valence electrons. The van der Waals surface area contributed by atoms with Gasteiger partial charge in [0, 0.05) is 12.1 Å². The Labute approximate surface area is 197 Å². The van der Waals surface area contributed by atoms with Gasteiger partial charge in [0.25, 0.3) is 0 Å². The molecule has 35 heavy (non-hydrogen) atoms. The van der Waals surface area contributed by atoms with Crippen molar-refractivity contribution in [3.8, 4) is 39.9 Å². The van der Waals surface area contributed by atoms with Crippen LogP contribution in [-0.2, 0) is 4.74 Å². The molecular formula is C23H24O12. The molecular weight excluding hydrogens is 468 g/mol. The van der Waals surface area contributed by atoms with Crippen LogP contribution < -0.4 is 19.6 Å². The second-order valence-electron chi connectivity index (χ2n) is 7.84. The molecule has 5 atom stereocenters. The van der Waals surface area contributed by atoms with Crippen LogP contribution in [0, 0.1) is 0 Å². The number of fused-ring (bicyclic) bond motifs is 1. The van der Waals surface area contributed by atoms with Crippen molar-refractivity contribution in [3.05, 3.63) is 40.8 Å². The van der Waals surface area contributed by atoms with Gasteiger partial charge < -0.3 is 54.0 Å². The summed E-state index contributed by atoms with van der Waals surface area (Å²) < 4.78 is 26.6. The van der Waals surface area contributed by atoms with Crippen molar-refractivity contribution in [2.24, 2.45) is 0 Å². The summed E-state index contributed by atoms with van der Waals surface area (Å²) in [6, 6.07) is 5.16. The molecule has 2 heterocycles. The Balaban J connectivity index is 1.72. The molecule has 1 aliphatic rings. The fraction of sp³-hybridized carbons (Fsp3) is 0.348. The monoisotopic (exact) mass is 492 g/mol. The van der Waals surface area contributed by atoms with Crippen molar-refractivity contribution in [2.45, 2.75) is 30.7 Å². The lowest BCUT2D eigenvalue weighted by Crippen LogP contribution is -2.60. The molecule has 0 radical (unpaired) electrons. The standard InChI is InChI=1S/C23H24O12/c1-31-14-3-9(4-15(32-2)19(14)27)11-8-33-13-6-10(5-12(25)17(13)18(11)26)34-23-22(30)21(29)20(28)16(7-24)35-23/h3-6,8,16,20-25,27-30H,7H2,1-2H3/t16-,20-,21+,22-,23+/m1/s1. The van der Waals surface area contributed by atoms with Crippen LogP contribution in [0.4, 0.5) is 0 Å². The molecule has 1 saturated heterocycles. The second kappa shape index (κ2) is 9.60. The highest BCUT2D eigenvalue weighted by atomic mass is 16.7. The van der Waals surface area contributed by atoms with Gasteiger partial charge in [0.05, 0.1) is 26.4 Å². The second-order valence-corrected chi connectivity index (χ2v) is 7.84. The van der Waals surface area contributed by atoms with Gasteiger partial charge in [-0.15, -0.1) is 0 Å². The van der Waals surface area contributed by atoms with Crippen LogP contribution in [0.3, 0.4) is 0 Å². The number of ether oxygens (including phenoxy) is 4. The number of benzene rings is 2. The summed E-state index contributed by atoms with van der Waals surface area (Å²) in [6.07, 6.45) is -6.42. The number of hydrogen-bond acceptors (Lipinski definition) is 12. The van der Waals surface area contributed by atoms with E-state index in [0.29, 0.717) is 5.56 Å². The van der Waals surface area contributed by atoms with E-state index < -0.39 is 48.5 Å². The summed E-state index contributed by atoms with van der Waals surface area (Å²) in [6.45, 7) is -0.641. The average molecular weight is 492 g/mol. The van der Waals surface area contributed by atoms with Crippen LogP contribution in [0.2, 0.25) is 0 Å². The third kappa shape index (κ3) is 4.33. The van der Waals surface area contributed by atoms with Crippen LogP contribution in [-0.4, -0.2) is 82.2 Å². The number of aliphatic hydroxyl groups is 4. The number of phenolic OH excluding ortho intramolecular Hbond substituents is 2. The van der Waals surface area contributed by atoms with Gasteiger partial charge in [-0.3, -0.25) is 4.79 Å². The molecule has 0 aliphatic carbocycles. The van der Waals surface area contributed by atoms with E-state index in [1.807, 2.05) is 0 Å². The lowest BCUT2D eigenvalue weighted by molar-refractivity contribution is -0.277. The largest absolute Gasteiger partial charge is 0.507 e. The van der Waals surface area contributed by atoms with E-state index >= 15 is 0 Å². The fourth-order valence-corrected chi connectivity index (χ4v) is 3.82. The number of aromatic hydroxyl groups is 2. The van der Waals surface area contributed by atoms with E-state index in [1.165, 1.54) is 32.4 Å². The van der Waals surface area contributed by atoms with Crippen molar-refractivity contribution in [3.63, 3.8) is 0 Å². The fourth-order valence-electron chi connectivity index (χ4n) is 3.82. The molecule has 4 rings (SSSR count). The van der Waals surface area contributed by atoms with E-state index in [0.717, 1.165) is 12.3 Å². The van der Waals surface area contributed by atoms with Gasteiger partial charge in [-0.2, -0.15) is 0 Å². The molecule has 12 heteroatoms. The highest BCUT2D eigenvalue weighted by Gasteiger charge is 2.44. The molecule has 0 spiro atoms. The maximum Gasteiger partial charge on any atom is 0.229 e. The summed E-state index contributed by atoms with van der Waals surface area (Å²) in [4.78, 5) is 13.2. The highest BCUT2D eigenvalue weighted by Crippen LogP contribution is 2.40. The summed E-state index contributed by atoms with van der Waals surface area (Å²) in [5.41, 5.74) is -0.311. The summed E-state index contributed by atoms with van der Waals surface area (Å²) in [7, 11) is 2.67. The van der Waals surface area contributed by atoms with Gasteiger partial charge in [0.2, 0.25) is 17.5 Å². The number of phenols is 2. The van der Waals surface area contributed by atoms with E-state index in [4.69, 9.17) is 23.4 Å². The smallest absolute Gasteiger partial charge is 0.229 e. The van der Waals surface area contributed by atoms with Crippen molar-refractivity contribution in [1.29, 1.82) is 0 Å². The predicted octanol–water partition coefficient (Wildman–Crippen LogP) is 0.0671. The van der Waals surface area contributed by atoms with Gasteiger partial charge in [-0.25, -0.2) is 0 Å². The molecule has 0 saturated carbocycles. The first-order chi connectivity index (χ1) is 16.7. The van der Waals surface area contributed by atoms with E-state index in [1.54, 1.807) is 0 Å². The van der Waals surface area contributed by atoms with Gasteiger partial charge in [0.15, 0.2) is 11.5 Å². The first-order valence-corrected chi connectivity index (χ1v) is 10.4. The summed E-state index contributed by atoms with van der Waals surface area (Å²) in [5, 5.41) is 59.8. The minimum Gasteiger partial charge on any atom is -0.507 e. The Morgan fingerprint density at radius 2 is 1.60 bits per heavy atom. The van der Waals surface area contributed by atoms with Gasteiger partial charge in [0.1, 0.15) is 53.1 Å². The molecule has 0 unspecified atom stereocenters. The first-order valence-electron chi connectivity index (χ1n) is 10.4. The predicted molar refractivity (Wildman–Crippen MR) is 119 cm³/mol. The Morgan fingerprint density at radius 1 is 0.943 bits per heavy atom. The molecule has 1 aliphatic heterocycles. The minimum absolute atomic E-state index is 0.0481. The molecule has 3 aromatic rings. The van der Waals surface area contributed by atoms with Crippen molar-refractivity contribution in [1.82, 2.24) is 0 Å². The maximum atomic E-state index is 13.2. The lowest BCUT2D eigenvalue weighted by atomic mass is 9.99. The average Bonchev–Trinajstić information content (AvgIpc) is 2.84. The molecule has 12 nitrogen and oxygen atoms in total. The normalized spacial score (nSPS) is 24.3. The third-order valence-electron chi connectivity index (χ3n) is 5.72. The van der Waals surface area contributed by atoms with Crippen LogP contribution in [0.1, 0.15) is 0 Å². The molecule has 1 fully saturated rings. The zero-order valence-corrected chi connectivity index (χ0v) is 18.6. The molecule has 0 amide bonds. The molecule has 6 N–H and O–H groups in total. The quantitative estimate of drug-likeness (QED) is 0.272.